The zero-order valence-electron chi connectivity index (χ0n) is 4.20. The smallest absolute Gasteiger partial charge is 0.154 e. The molecular formula is C4H10O2S. The standard InChI is InChI=1S/C4H10O2S/c1-3(2-7)4(5)6/h3-7H,2H2,1H3. The van der Waals surface area contributed by atoms with Gasteiger partial charge in [0, 0.05) is 5.92 Å². The van der Waals surface area contributed by atoms with Gasteiger partial charge < -0.3 is 10.2 Å². The van der Waals surface area contributed by atoms with E-state index >= 15 is 0 Å². The number of aliphatic hydroxyl groups is 2. The molecule has 0 aromatic rings. The zero-order chi connectivity index (χ0) is 5.86. The lowest BCUT2D eigenvalue weighted by Gasteiger charge is -2.07. The summed E-state index contributed by atoms with van der Waals surface area (Å²) in [4.78, 5) is 0. The van der Waals surface area contributed by atoms with Crippen molar-refractivity contribution in [2.75, 3.05) is 5.75 Å². The Balaban J connectivity index is 3.14. The number of aliphatic hydroxyl groups excluding tert-OH is 1. The van der Waals surface area contributed by atoms with E-state index in [0.29, 0.717) is 5.75 Å². The predicted octanol–water partition coefficient (Wildman–Crippen LogP) is -0.137. The van der Waals surface area contributed by atoms with Crippen LogP contribution in [-0.4, -0.2) is 22.3 Å². The minimum absolute atomic E-state index is 0.122. The minimum Gasteiger partial charge on any atom is -0.368 e. The molecule has 0 spiro atoms. The molecule has 0 rings (SSSR count). The molecule has 0 bridgehead atoms. The minimum atomic E-state index is -1.21. The first kappa shape index (κ1) is 7.27. The monoisotopic (exact) mass is 122 g/mol. The summed E-state index contributed by atoms with van der Waals surface area (Å²) in [6.45, 7) is 1.72. The Labute approximate surface area is 48.6 Å². The third kappa shape index (κ3) is 2.91. The van der Waals surface area contributed by atoms with E-state index < -0.39 is 6.29 Å². The van der Waals surface area contributed by atoms with Gasteiger partial charge in [-0.05, 0) is 5.75 Å². The lowest BCUT2D eigenvalue weighted by Crippen LogP contribution is -2.17. The van der Waals surface area contributed by atoms with Crippen molar-refractivity contribution in [1.29, 1.82) is 0 Å². The zero-order valence-corrected chi connectivity index (χ0v) is 5.10. The average molecular weight is 122 g/mol. The van der Waals surface area contributed by atoms with E-state index in [2.05, 4.69) is 12.6 Å². The van der Waals surface area contributed by atoms with Crippen molar-refractivity contribution in [3.8, 4) is 0 Å². The Bertz CT molecular complexity index is 47.0. The van der Waals surface area contributed by atoms with Crippen LogP contribution in [-0.2, 0) is 0 Å². The molecule has 2 N–H and O–H groups in total. The summed E-state index contributed by atoms with van der Waals surface area (Å²) < 4.78 is 0. The number of hydrogen-bond donors (Lipinski definition) is 3. The van der Waals surface area contributed by atoms with E-state index in [1.807, 2.05) is 0 Å². The largest absolute Gasteiger partial charge is 0.368 e. The van der Waals surface area contributed by atoms with Crippen LogP contribution in [0.25, 0.3) is 0 Å². The molecule has 0 aromatic carbocycles. The van der Waals surface area contributed by atoms with E-state index in [9.17, 15) is 0 Å². The normalized spacial score (nSPS) is 15.0. The van der Waals surface area contributed by atoms with E-state index in [0.717, 1.165) is 0 Å². The van der Waals surface area contributed by atoms with Crippen molar-refractivity contribution in [2.45, 2.75) is 13.2 Å². The van der Waals surface area contributed by atoms with Gasteiger partial charge in [-0.2, -0.15) is 12.6 Å². The highest BCUT2D eigenvalue weighted by atomic mass is 32.1. The van der Waals surface area contributed by atoms with Crippen molar-refractivity contribution >= 4 is 12.6 Å². The maximum atomic E-state index is 8.33. The maximum Gasteiger partial charge on any atom is 0.154 e. The molecular weight excluding hydrogens is 112 g/mol. The SMILES string of the molecule is CC(CS)C(O)O. The summed E-state index contributed by atoms with van der Waals surface area (Å²) in [6, 6.07) is 0. The molecule has 0 aromatic heterocycles. The fraction of sp³-hybridized carbons (Fsp3) is 1.00. The lowest BCUT2D eigenvalue weighted by atomic mass is 10.2. The first-order chi connectivity index (χ1) is 3.18. The molecule has 1 unspecified atom stereocenters. The molecule has 0 aliphatic rings. The van der Waals surface area contributed by atoms with Crippen LogP contribution in [0.5, 0.6) is 0 Å². The van der Waals surface area contributed by atoms with Crippen LogP contribution >= 0.6 is 12.6 Å². The van der Waals surface area contributed by atoms with E-state index in [1.165, 1.54) is 0 Å². The molecule has 0 fully saturated rings. The molecule has 44 valence electrons. The van der Waals surface area contributed by atoms with E-state index in [1.54, 1.807) is 6.92 Å². The summed E-state index contributed by atoms with van der Waals surface area (Å²) in [7, 11) is 0. The second-order valence-corrected chi connectivity index (χ2v) is 1.94. The Morgan fingerprint density at radius 1 is 1.57 bits per heavy atom. The van der Waals surface area contributed by atoms with Gasteiger partial charge in [0.25, 0.3) is 0 Å². The van der Waals surface area contributed by atoms with Gasteiger partial charge in [0.2, 0.25) is 0 Å². The number of rotatable bonds is 2. The van der Waals surface area contributed by atoms with Gasteiger partial charge in [-0.3, -0.25) is 0 Å². The van der Waals surface area contributed by atoms with Crippen LogP contribution in [0.4, 0.5) is 0 Å². The van der Waals surface area contributed by atoms with Crippen LogP contribution in [0.2, 0.25) is 0 Å². The Hall–Kier alpha value is 0.270. The molecule has 0 saturated carbocycles. The van der Waals surface area contributed by atoms with Crippen LogP contribution in [0, 0.1) is 5.92 Å². The van der Waals surface area contributed by atoms with Crippen molar-refractivity contribution in [3.63, 3.8) is 0 Å². The number of thiol groups is 1. The lowest BCUT2D eigenvalue weighted by molar-refractivity contribution is -0.0716. The summed E-state index contributed by atoms with van der Waals surface area (Å²) in [5.41, 5.74) is 0. The van der Waals surface area contributed by atoms with Crippen LogP contribution in [0.1, 0.15) is 6.92 Å². The maximum absolute atomic E-state index is 8.33. The van der Waals surface area contributed by atoms with Gasteiger partial charge in [0.15, 0.2) is 6.29 Å². The van der Waals surface area contributed by atoms with Crippen LogP contribution in [0.3, 0.4) is 0 Å². The second-order valence-electron chi connectivity index (χ2n) is 1.57. The van der Waals surface area contributed by atoms with Crippen LogP contribution in [0.15, 0.2) is 0 Å². The van der Waals surface area contributed by atoms with Crippen LogP contribution < -0.4 is 0 Å². The van der Waals surface area contributed by atoms with Gasteiger partial charge in [-0.25, -0.2) is 0 Å². The molecule has 2 nitrogen and oxygen atoms in total. The molecule has 3 heteroatoms. The fourth-order valence-electron chi connectivity index (χ4n) is 0.0943. The van der Waals surface area contributed by atoms with Gasteiger partial charge in [-0.1, -0.05) is 6.92 Å². The molecule has 0 radical (unpaired) electrons. The average Bonchev–Trinajstić information content (AvgIpc) is 1.65. The van der Waals surface area contributed by atoms with E-state index in [4.69, 9.17) is 10.2 Å². The van der Waals surface area contributed by atoms with E-state index in [-0.39, 0.29) is 5.92 Å². The summed E-state index contributed by atoms with van der Waals surface area (Å²) >= 11 is 3.83. The fourth-order valence-corrected chi connectivity index (χ4v) is 0.283. The summed E-state index contributed by atoms with van der Waals surface area (Å²) in [5, 5.41) is 16.7. The first-order valence-corrected chi connectivity index (χ1v) is 2.78. The number of hydrogen-bond acceptors (Lipinski definition) is 3. The van der Waals surface area contributed by atoms with Gasteiger partial charge in [0.1, 0.15) is 0 Å². The molecule has 0 aliphatic carbocycles. The van der Waals surface area contributed by atoms with Crippen molar-refractivity contribution < 1.29 is 10.2 Å². The van der Waals surface area contributed by atoms with Gasteiger partial charge >= 0.3 is 0 Å². The Morgan fingerprint density at radius 3 is 2.00 bits per heavy atom. The first-order valence-electron chi connectivity index (χ1n) is 2.15. The highest BCUT2D eigenvalue weighted by molar-refractivity contribution is 7.80. The third-order valence-electron chi connectivity index (χ3n) is 0.797. The van der Waals surface area contributed by atoms with Crippen molar-refractivity contribution in [3.05, 3.63) is 0 Å². The highest BCUT2D eigenvalue weighted by Gasteiger charge is 2.05. The van der Waals surface area contributed by atoms with Crippen molar-refractivity contribution in [2.24, 2.45) is 5.92 Å². The third-order valence-corrected chi connectivity index (χ3v) is 1.37. The molecule has 1 atom stereocenters. The quantitative estimate of drug-likeness (QED) is 0.352. The van der Waals surface area contributed by atoms with Crippen molar-refractivity contribution in [1.82, 2.24) is 0 Å². The summed E-state index contributed by atoms with van der Waals surface area (Å²) in [5.74, 6) is 0.390. The molecule has 7 heavy (non-hydrogen) atoms. The molecule has 0 saturated heterocycles. The Kier molecular flexibility index (Phi) is 3.42. The molecule has 0 amide bonds. The highest BCUT2D eigenvalue weighted by Crippen LogP contribution is 1.99. The predicted molar refractivity (Wildman–Crippen MR) is 31.2 cm³/mol. The second kappa shape index (κ2) is 3.29. The summed E-state index contributed by atoms with van der Waals surface area (Å²) in [6.07, 6.45) is -1.21. The van der Waals surface area contributed by atoms with Gasteiger partial charge in [0.05, 0.1) is 0 Å². The molecule has 0 heterocycles. The topological polar surface area (TPSA) is 40.5 Å². The molecule has 0 aliphatic heterocycles. The van der Waals surface area contributed by atoms with Gasteiger partial charge in [-0.15, -0.1) is 0 Å². The Morgan fingerprint density at radius 2 is 2.00 bits per heavy atom.